The van der Waals surface area contributed by atoms with Crippen LogP contribution in [-0.2, 0) is 11.2 Å². The van der Waals surface area contributed by atoms with Gasteiger partial charge >= 0.3 is 0 Å². The molecule has 6 nitrogen and oxygen atoms in total. The van der Waals surface area contributed by atoms with Gasteiger partial charge in [-0.05, 0) is 38.0 Å². The van der Waals surface area contributed by atoms with E-state index in [4.69, 9.17) is 16.1 Å². The first kappa shape index (κ1) is 16.8. The Kier molecular flexibility index (Phi) is 5.04. The fraction of sp³-hybridized carbons (Fsp3) is 0.471. The summed E-state index contributed by atoms with van der Waals surface area (Å²) in [5.74, 6) is 1.40. The van der Waals surface area contributed by atoms with Crippen LogP contribution in [-0.4, -0.2) is 22.6 Å². The summed E-state index contributed by atoms with van der Waals surface area (Å²) in [6.45, 7) is 4.76. The maximum atomic E-state index is 11.9. The van der Waals surface area contributed by atoms with Crippen molar-refractivity contribution in [1.82, 2.24) is 10.1 Å². The first-order valence-corrected chi connectivity index (χ1v) is 8.65. The van der Waals surface area contributed by atoms with Crippen molar-refractivity contribution in [2.75, 3.05) is 16.8 Å². The summed E-state index contributed by atoms with van der Waals surface area (Å²) in [4.78, 5) is 18.0. The lowest BCUT2D eigenvalue weighted by Gasteiger charge is -2.19. The van der Waals surface area contributed by atoms with Crippen LogP contribution in [0.15, 0.2) is 22.7 Å². The van der Waals surface area contributed by atoms with E-state index in [1.165, 1.54) is 0 Å². The standard InChI is InChI=1S/C17H21ClN4O2/c1-3-5-15-20-17(24-21-15)11(2)19-12-7-8-14(13(18)10-12)22-9-4-6-16(22)23/h7-8,10-11,19H,3-6,9H2,1-2H3. The maximum Gasteiger partial charge on any atom is 0.248 e. The molecule has 1 amide bonds. The topological polar surface area (TPSA) is 71.3 Å². The molecule has 2 aromatic rings. The molecule has 0 radical (unpaired) electrons. The highest BCUT2D eigenvalue weighted by atomic mass is 35.5. The highest BCUT2D eigenvalue weighted by molar-refractivity contribution is 6.34. The number of halogens is 1. The molecule has 2 heterocycles. The average Bonchev–Trinajstić information content (AvgIpc) is 3.17. The van der Waals surface area contributed by atoms with Crippen molar-refractivity contribution >= 4 is 28.9 Å². The Bertz CT molecular complexity index is 731. The third kappa shape index (κ3) is 3.53. The van der Waals surface area contributed by atoms with Crippen molar-refractivity contribution < 1.29 is 9.32 Å². The number of anilines is 2. The van der Waals surface area contributed by atoms with Gasteiger partial charge in [0.1, 0.15) is 6.04 Å². The Morgan fingerprint density at radius 2 is 2.29 bits per heavy atom. The first-order valence-electron chi connectivity index (χ1n) is 8.27. The number of aryl methyl sites for hydroxylation is 1. The lowest BCUT2D eigenvalue weighted by molar-refractivity contribution is -0.117. The van der Waals surface area contributed by atoms with Crippen LogP contribution in [0.25, 0.3) is 0 Å². The summed E-state index contributed by atoms with van der Waals surface area (Å²) in [5, 5.41) is 7.82. The summed E-state index contributed by atoms with van der Waals surface area (Å²) in [5.41, 5.74) is 1.61. The van der Waals surface area contributed by atoms with E-state index in [2.05, 4.69) is 22.4 Å². The Morgan fingerprint density at radius 1 is 1.46 bits per heavy atom. The van der Waals surface area contributed by atoms with Crippen LogP contribution in [0.5, 0.6) is 0 Å². The van der Waals surface area contributed by atoms with Gasteiger partial charge in [-0.25, -0.2) is 0 Å². The molecule has 0 bridgehead atoms. The number of carbonyl (C=O) groups excluding carboxylic acids is 1. The smallest absolute Gasteiger partial charge is 0.248 e. The normalized spacial score (nSPS) is 15.8. The number of amides is 1. The second kappa shape index (κ2) is 7.21. The van der Waals surface area contributed by atoms with Crippen molar-refractivity contribution in [3.8, 4) is 0 Å². The summed E-state index contributed by atoms with van der Waals surface area (Å²) in [6.07, 6.45) is 3.25. The van der Waals surface area contributed by atoms with Gasteiger partial charge in [-0.15, -0.1) is 0 Å². The summed E-state index contributed by atoms with van der Waals surface area (Å²) in [7, 11) is 0. The van der Waals surface area contributed by atoms with Crippen molar-refractivity contribution in [3.05, 3.63) is 34.9 Å². The van der Waals surface area contributed by atoms with Crippen LogP contribution in [0, 0.1) is 0 Å². The van der Waals surface area contributed by atoms with Crippen LogP contribution in [0.2, 0.25) is 5.02 Å². The molecule has 1 aliphatic heterocycles. The van der Waals surface area contributed by atoms with E-state index < -0.39 is 0 Å². The van der Waals surface area contributed by atoms with Crippen molar-refractivity contribution in [3.63, 3.8) is 0 Å². The Labute approximate surface area is 146 Å². The fourth-order valence-electron chi connectivity index (χ4n) is 2.80. The minimum Gasteiger partial charge on any atom is -0.374 e. The van der Waals surface area contributed by atoms with Gasteiger partial charge in [0.2, 0.25) is 11.8 Å². The molecule has 1 fully saturated rings. The molecule has 1 aliphatic rings. The highest BCUT2D eigenvalue weighted by Crippen LogP contribution is 2.32. The number of nitrogens with zero attached hydrogens (tertiary/aromatic N) is 3. The van der Waals surface area contributed by atoms with E-state index in [1.807, 2.05) is 25.1 Å². The molecular formula is C17H21ClN4O2. The molecule has 1 atom stereocenters. The summed E-state index contributed by atoms with van der Waals surface area (Å²) >= 11 is 6.36. The van der Waals surface area contributed by atoms with E-state index in [0.717, 1.165) is 43.0 Å². The zero-order valence-corrected chi connectivity index (χ0v) is 14.6. The van der Waals surface area contributed by atoms with E-state index in [1.54, 1.807) is 4.90 Å². The molecule has 0 saturated carbocycles. The van der Waals surface area contributed by atoms with Gasteiger partial charge in [0.15, 0.2) is 5.82 Å². The number of hydrogen-bond acceptors (Lipinski definition) is 5. The Hall–Kier alpha value is -2.08. The Morgan fingerprint density at radius 3 is 2.96 bits per heavy atom. The van der Waals surface area contributed by atoms with E-state index in [9.17, 15) is 4.79 Å². The van der Waals surface area contributed by atoms with Crippen LogP contribution in [0.4, 0.5) is 11.4 Å². The maximum absolute atomic E-state index is 11.9. The highest BCUT2D eigenvalue weighted by Gasteiger charge is 2.23. The number of rotatable bonds is 6. The molecule has 24 heavy (non-hydrogen) atoms. The number of aromatic nitrogens is 2. The van der Waals surface area contributed by atoms with E-state index in [-0.39, 0.29) is 11.9 Å². The monoisotopic (exact) mass is 348 g/mol. The van der Waals surface area contributed by atoms with Gasteiger partial charge in [-0.2, -0.15) is 4.98 Å². The molecule has 3 rings (SSSR count). The number of hydrogen-bond donors (Lipinski definition) is 1. The zero-order valence-electron chi connectivity index (χ0n) is 13.9. The van der Waals surface area contributed by atoms with Crippen LogP contribution in [0.3, 0.4) is 0 Å². The molecule has 1 aromatic heterocycles. The average molecular weight is 349 g/mol. The molecule has 128 valence electrons. The predicted molar refractivity (Wildman–Crippen MR) is 93.4 cm³/mol. The van der Waals surface area contributed by atoms with Crippen molar-refractivity contribution in [1.29, 1.82) is 0 Å². The van der Waals surface area contributed by atoms with Gasteiger partial charge in [0.05, 0.1) is 10.7 Å². The third-order valence-corrected chi connectivity index (χ3v) is 4.33. The minimum absolute atomic E-state index is 0.125. The molecule has 1 aromatic carbocycles. The van der Waals surface area contributed by atoms with Gasteiger partial charge in [-0.1, -0.05) is 23.7 Å². The molecule has 0 aliphatic carbocycles. The van der Waals surface area contributed by atoms with Crippen molar-refractivity contribution in [2.24, 2.45) is 0 Å². The lowest BCUT2D eigenvalue weighted by atomic mass is 10.2. The number of nitrogens with one attached hydrogen (secondary N) is 1. The van der Waals surface area contributed by atoms with Gasteiger partial charge in [0, 0.05) is 25.1 Å². The van der Waals surface area contributed by atoms with Crippen LogP contribution in [0.1, 0.15) is 50.9 Å². The molecule has 7 heteroatoms. The molecular weight excluding hydrogens is 328 g/mol. The fourth-order valence-corrected chi connectivity index (χ4v) is 3.08. The lowest BCUT2D eigenvalue weighted by Crippen LogP contribution is -2.24. The summed E-state index contributed by atoms with van der Waals surface area (Å²) in [6, 6.07) is 5.48. The molecule has 1 N–H and O–H groups in total. The minimum atomic E-state index is -0.126. The molecule has 0 spiro atoms. The van der Waals surface area contributed by atoms with E-state index >= 15 is 0 Å². The Balaban J connectivity index is 1.70. The van der Waals surface area contributed by atoms with Gasteiger partial charge in [0.25, 0.3) is 0 Å². The SMILES string of the molecule is CCCc1noc(C(C)Nc2ccc(N3CCCC3=O)c(Cl)c2)n1. The second-order valence-electron chi connectivity index (χ2n) is 5.98. The molecule has 1 unspecified atom stereocenters. The van der Waals surface area contributed by atoms with Crippen LogP contribution < -0.4 is 10.2 Å². The van der Waals surface area contributed by atoms with Crippen LogP contribution >= 0.6 is 11.6 Å². The second-order valence-corrected chi connectivity index (χ2v) is 6.39. The van der Waals surface area contributed by atoms with Gasteiger partial charge in [-0.3, -0.25) is 4.79 Å². The number of carbonyl (C=O) groups is 1. The third-order valence-electron chi connectivity index (χ3n) is 4.02. The predicted octanol–water partition coefficient (Wildman–Crippen LogP) is 3.98. The number of benzene rings is 1. The largest absolute Gasteiger partial charge is 0.374 e. The molecule has 1 saturated heterocycles. The van der Waals surface area contributed by atoms with E-state index in [0.29, 0.717) is 17.3 Å². The van der Waals surface area contributed by atoms with Gasteiger partial charge < -0.3 is 14.7 Å². The summed E-state index contributed by atoms with van der Waals surface area (Å²) < 4.78 is 5.29. The first-order chi connectivity index (χ1) is 11.6. The quantitative estimate of drug-likeness (QED) is 0.855. The van der Waals surface area contributed by atoms with Crippen molar-refractivity contribution in [2.45, 2.75) is 45.6 Å². The zero-order chi connectivity index (χ0) is 17.1.